The molecule has 2 atom stereocenters. The maximum atomic E-state index is 13.0. The van der Waals surface area contributed by atoms with Gasteiger partial charge < -0.3 is 19.7 Å². The molecular formula is C19H14O7. The van der Waals surface area contributed by atoms with Crippen LogP contribution in [0.4, 0.5) is 0 Å². The van der Waals surface area contributed by atoms with Gasteiger partial charge in [-0.1, -0.05) is 24.3 Å². The van der Waals surface area contributed by atoms with E-state index in [1.54, 1.807) is 24.3 Å². The molecule has 0 saturated carbocycles. The average Bonchev–Trinajstić information content (AvgIpc) is 2.64. The molecule has 2 aliphatic rings. The van der Waals surface area contributed by atoms with E-state index in [1.165, 1.54) is 6.07 Å². The number of ketones is 2. The second-order valence-corrected chi connectivity index (χ2v) is 6.12. The Hall–Kier alpha value is -3.03. The highest BCUT2D eigenvalue weighted by Gasteiger charge is 2.44. The molecule has 7 heteroatoms. The lowest BCUT2D eigenvalue weighted by Crippen LogP contribution is -2.42. The van der Waals surface area contributed by atoms with Crippen LogP contribution in [0.5, 0.6) is 5.75 Å². The number of rotatable bonds is 1. The Morgan fingerprint density at radius 2 is 1.96 bits per heavy atom. The summed E-state index contributed by atoms with van der Waals surface area (Å²) in [5.41, 5.74) is -0.353. The summed E-state index contributed by atoms with van der Waals surface area (Å²) in [7, 11) is 1.16. The third-order valence-corrected chi connectivity index (χ3v) is 4.73. The molecule has 0 radical (unpaired) electrons. The zero-order valence-corrected chi connectivity index (χ0v) is 13.7. The number of phenolic OH excluding ortho intramolecular Hbond substituents is 1. The Kier molecular flexibility index (Phi) is 3.64. The molecule has 0 saturated heterocycles. The third-order valence-electron chi connectivity index (χ3n) is 4.73. The third kappa shape index (κ3) is 2.18. The van der Waals surface area contributed by atoms with Crippen molar-refractivity contribution >= 4 is 28.3 Å². The number of Topliss-reactive ketones (excluding diaryl/α,β-unsaturated/α-hetero) is 2. The van der Waals surface area contributed by atoms with Crippen molar-refractivity contribution in [1.29, 1.82) is 0 Å². The number of carbonyl (C=O) groups excluding carboxylic acids is 3. The van der Waals surface area contributed by atoms with E-state index in [2.05, 4.69) is 4.74 Å². The monoisotopic (exact) mass is 354 g/mol. The van der Waals surface area contributed by atoms with Crippen molar-refractivity contribution in [2.75, 3.05) is 7.11 Å². The summed E-state index contributed by atoms with van der Waals surface area (Å²) in [5, 5.41) is 21.8. The van der Waals surface area contributed by atoms with Gasteiger partial charge in [-0.25, -0.2) is 4.79 Å². The highest BCUT2D eigenvalue weighted by Crippen LogP contribution is 2.41. The van der Waals surface area contributed by atoms with E-state index in [4.69, 9.17) is 4.74 Å². The summed E-state index contributed by atoms with van der Waals surface area (Å²) in [6.45, 7) is 0. The van der Waals surface area contributed by atoms with E-state index in [9.17, 15) is 24.6 Å². The number of aromatic hydroxyl groups is 1. The van der Waals surface area contributed by atoms with E-state index in [0.29, 0.717) is 10.8 Å². The first kappa shape index (κ1) is 16.4. The zero-order chi connectivity index (χ0) is 18.6. The second kappa shape index (κ2) is 5.76. The lowest BCUT2D eigenvalue weighted by atomic mass is 9.79. The minimum Gasteiger partial charge on any atom is -0.507 e. The number of esters is 1. The van der Waals surface area contributed by atoms with E-state index < -0.39 is 29.9 Å². The van der Waals surface area contributed by atoms with Crippen LogP contribution < -0.4 is 0 Å². The molecule has 2 unspecified atom stereocenters. The molecule has 0 bridgehead atoms. The number of phenols is 1. The predicted molar refractivity (Wildman–Crippen MR) is 88.8 cm³/mol. The predicted octanol–water partition coefficient (Wildman–Crippen LogP) is 1.50. The molecule has 26 heavy (non-hydrogen) atoms. The van der Waals surface area contributed by atoms with Crippen LogP contribution in [0.1, 0.15) is 27.1 Å². The standard InChI is InChI=1S/C19H14O7/c1-25-18(23)12-7-11-14(19(24)26-12)17(22)13-10(15(11)20)6-8-4-2-3-5-9(8)16(13)21/h2-6,12,19,21,24H,7H2,1H3. The van der Waals surface area contributed by atoms with Crippen LogP contribution in [0.25, 0.3) is 10.8 Å². The first-order valence-electron chi connectivity index (χ1n) is 7.92. The van der Waals surface area contributed by atoms with Gasteiger partial charge in [-0.15, -0.1) is 0 Å². The quantitative estimate of drug-likeness (QED) is 0.747. The molecule has 1 heterocycles. The Balaban J connectivity index is 1.91. The Labute approximate surface area is 147 Å². The highest BCUT2D eigenvalue weighted by molar-refractivity contribution is 6.30. The molecule has 1 aliphatic heterocycles. The van der Waals surface area contributed by atoms with E-state index in [-0.39, 0.29) is 34.4 Å². The Morgan fingerprint density at radius 1 is 1.23 bits per heavy atom. The number of aliphatic hydroxyl groups is 1. The summed E-state index contributed by atoms with van der Waals surface area (Å²) in [4.78, 5) is 37.6. The van der Waals surface area contributed by atoms with E-state index in [0.717, 1.165) is 7.11 Å². The number of hydrogen-bond donors (Lipinski definition) is 2. The Morgan fingerprint density at radius 3 is 2.69 bits per heavy atom. The van der Waals surface area contributed by atoms with Crippen molar-refractivity contribution in [3.63, 3.8) is 0 Å². The summed E-state index contributed by atoms with van der Waals surface area (Å²) in [6, 6.07) is 8.33. The first-order valence-corrected chi connectivity index (χ1v) is 7.92. The fourth-order valence-corrected chi connectivity index (χ4v) is 3.49. The fraction of sp³-hybridized carbons (Fsp3) is 0.211. The van der Waals surface area contributed by atoms with Gasteiger partial charge in [-0.2, -0.15) is 0 Å². The lowest BCUT2D eigenvalue weighted by Gasteiger charge is -2.32. The largest absolute Gasteiger partial charge is 0.507 e. The number of ether oxygens (including phenoxy) is 2. The molecule has 2 aromatic rings. The van der Waals surface area contributed by atoms with Gasteiger partial charge in [-0.3, -0.25) is 9.59 Å². The molecule has 132 valence electrons. The number of methoxy groups -OCH3 is 1. The van der Waals surface area contributed by atoms with Gasteiger partial charge in [0.25, 0.3) is 0 Å². The van der Waals surface area contributed by atoms with Crippen molar-refractivity contribution in [3.05, 3.63) is 52.6 Å². The topological polar surface area (TPSA) is 110 Å². The molecule has 0 aromatic heterocycles. The van der Waals surface area contributed by atoms with Gasteiger partial charge in [-0.05, 0) is 11.5 Å². The van der Waals surface area contributed by atoms with Gasteiger partial charge in [0, 0.05) is 22.9 Å². The summed E-state index contributed by atoms with van der Waals surface area (Å²) >= 11 is 0. The molecule has 1 aliphatic carbocycles. The van der Waals surface area contributed by atoms with Crippen LogP contribution in [0, 0.1) is 0 Å². The van der Waals surface area contributed by atoms with Gasteiger partial charge in [0.15, 0.2) is 24.0 Å². The molecule has 2 aromatic carbocycles. The molecule has 4 rings (SSSR count). The normalized spacial score (nSPS) is 22.2. The van der Waals surface area contributed by atoms with E-state index in [1.807, 2.05) is 0 Å². The number of aliphatic hydroxyl groups excluding tert-OH is 1. The molecule has 0 amide bonds. The van der Waals surface area contributed by atoms with E-state index >= 15 is 0 Å². The minimum atomic E-state index is -1.75. The van der Waals surface area contributed by atoms with Crippen molar-refractivity contribution in [2.45, 2.75) is 18.8 Å². The second-order valence-electron chi connectivity index (χ2n) is 6.12. The maximum Gasteiger partial charge on any atom is 0.335 e. The van der Waals surface area contributed by atoms with Crippen molar-refractivity contribution in [1.82, 2.24) is 0 Å². The number of hydrogen-bond acceptors (Lipinski definition) is 7. The first-order chi connectivity index (χ1) is 12.4. The summed E-state index contributed by atoms with van der Waals surface area (Å²) < 4.78 is 9.73. The van der Waals surface area contributed by atoms with Crippen LogP contribution in [0.15, 0.2) is 41.5 Å². The Bertz CT molecular complexity index is 1020. The van der Waals surface area contributed by atoms with Crippen LogP contribution in [0.3, 0.4) is 0 Å². The SMILES string of the molecule is COC(=O)C1CC2=C(C(=O)c3c(cc4ccccc4c3O)C2=O)C(O)O1. The van der Waals surface area contributed by atoms with Crippen molar-refractivity contribution in [3.8, 4) is 5.75 Å². The van der Waals surface area contributed by atoms with Crippen LogP contribution >= 0.6 is 0 Å². The summed E-state index contributed by atoms with van der Waals surface area (Å²) in [5.74, 6) is -2.27. The number of benzene rings is 2. The summed E-state index contributed by atoms with van der Waals surface area (Å²) in [6.07, 6.45) is -3.11. The van der Waals surface area contributed by atoms with Crippen molar-refractivity contribution < 1.29 is 34.1 Å². The smallest absolute Gasteiger partial charge is 0.335 e. The minimum absolute atomic E-state index is 0.00586. The van der Waals surface area contributed by atoms with Gasteiger partial charge in [0.05, 0.1) is 18.2 Å². The van der Waals surface area contributed by atoms with Crippen LogP contribution in [-0.4, -0.2) is 47.3 Å². The molecule has 0 spiro atoms. The van der Waals surface area contributed by atoms with Gasteiger partial charge >= 0.3 is 5.97 Å². The average molecular weight is 354 g/mol. The molecule has 0 fully saturated rings. The molecule has 2 N–H and O–H groups in total. The molecule has 7 nitrogen and oxygen atoms in total. The fourth-order valence-electron chi connectivity index (χ4n) is 3.49. The van der Waals surface area contributed by atoms with Crippen molar-refractivity contribution in [2.24, 2.45) is 0 Å². The van der Waals surface area contributed by atoms with Crippen LogP contribution in [0.2, 0.25) is 0 Å². The van der Waals surface area contributed by atoms with Gasteiger partial charge in [0.1, 0.15) is 5.75 Å². The number of carbonyl (C=O) groups is 3. The lowest BCUT2D eigenvalue weighted by molar-refractivity contribution is -0.173. The number of fused-ring (bicyclic) bond motifs is 2. The zero-order valence-electron chi connectivity index (χ0n) is 13.7. The molecular weight excluding hydrogens is 340 g/mol. The van der Waals surface area contributed by atoms with Crippen LogP contribution in [-0.2, 0) is 14.3 Å². The van der Waals surface area contributed by atoms with Gasteiger partial charge in [0.2, 0.25) is 0 Å². The maximum absolute atomic E-state index is 13.0. The highest BCUT2D eigenvalue weighted by atomic mass is 16.6.